The van der Waals surface area contributed by atoms with Crippen molar-refractivity contribution in [2.24, 2.45) is 0 Å². The second-order valence-corrected chi connectivity index (χ2v) is 4.94. The zero-order chi connectivity index (χ0) is 14.5. The van der Waals surface area contributed by atoms with Crippen LogP contribution >= 0.6 is 11.8 Å². The highest BCUT2D eigenvalue weighted by molar-refractivity contribution is 8.18. The van der Waals surface area contributed by atoms with Crippen molar-refractivity contribution in [3.05, 3.63) is 28.7 Å². The number of amides is 2. The van der Waals surface area contributed by atoms with E-state index in [1.807, 2.05) is 19.9 Å². The Morgan fingerprint density at radius 3 is 2.45 bits per heavy atom. The lowest BCUT2D eigenvalue weighted by molar-refractivity contribution is -0.115. The van der Waals surface area contributed by atoms with Crippen LogP contribution in [-0.2, 0) is 4.79 Å². The first-order chi connectivity index (χ1) is 9.63. The number of benzene rings is 1. The summed E-state index contributed by atoms with van der Waals surface area (Å²) < 4.78 is 11.0. The van der Waals surface area contributed by atoms with Crippen LogP contribution in [0.5, 0.6) is 11.5 Å². The maximum Gasteiger partial charge on any atom is 0.290 e. The molecular formula is C14H15NO4S. The van der Waals surface area contributed by atoms with E-state index in [0.29, 0.717) is 29.6 Å². The molecule has 0 spiro atoms. The molecule has 1 N–H and O–H groups in total. The molecule has 0 aliphatic carbocycles. The van der Waals surface area contributed by atoms with Gasteiger partial charge in [0.15, 0.2) is 11.5 Å². The van der Waals surface area contributed by atoms with Crippen molar-refractivity contribution in [2.75, 3.05) is 13.2 Å². The SMILES string of the molecule is CCOc1ccc(C=C2SC(=O)NC2=O)cc1OCC. The van der Waals surface area contributed by atoms with Crippen molar-refractivity contribution in [2.45, 2.75) is 13.8 Å². The Labute approximate surface area is 121 Å². The molecule has 0 atom stereocenters. The Kier molecular flexibility index (Phi) is 4.68. The average Bonchev–Trinajstić information content (AvgIpc) is 2.71. The molecule has 1 aromatic rings. The number of hydrogen-bond acceptors (Lipinski definition) is 5. The standard InChI is InChI=1S/C14H15NO4S/c1-3-18-10-6-5-9(7-11(10)19-4-2)8-12-13(16)15-14(17)20-12/h5-8H,3-4H2,1-2H3,(H,15,16,17). The van der Waals surface area contributed by atoms with E-state index in [0.717, 1.165) is 17.3 Å². The van der Waals surface area contributed by atoms with Crippen molar-refractivity contribution in [1.82, 2.24) is 5.32 Å². The van der Waals surface area contributed by atoms with Gasteiger partial charge < -0.3 is 9.47 Å². The quantitative estimate of drug-likeness (QED) is 0.846. The second kappa shape index (κ2) is 6.47. The number of ether oxygens (including phenoxy) is 2. The van der Waals surface area contributed by atoms with Gasteiger partial charge in [-0.1, -0.05) is 6.07 Å². The monoisotopic (exact) mass is 293 g/mol. The fourth-order valence-electron chi connectivity index (χ4n) is 1.73. The number of rotatable bonds is 5. The zero-order valence-corrected chi connectivity index (χ0v) is 12.1. The van der Waals surface area contributed by atoms with Gasteiger partial charge in [0.1, 0.15) is 0 Å². The highest BCUT2D eigenvalue weighted by atomic mass is 32.2. The lowest BCUT2D eigenvalue weighted by Crippen LogP contribution is -2.17. The molecule has 1 heterocycles. The first-order valence-corrected chi connectivity index (χ1v) is 7.10. The summed E-state index contributed by atoms with van der Waals surface area (Å²) in [4.78, 5) is 23.0. The molecule has 1 saturated heterocycles. The summed E-state index contributed by atoms with van der Waals surface area (Å²) in [5.74, 6) is 0.918. The van der Waals surface area contributed by atoms with E-state index in [1.54, 1.807) is 18.2 Å². The van der Waals surface area contributed by atoms with Crippen LogP contribution in [0.2, 0.25) is 0 Å². The van der Waals surface area contributed by atoms with Crippen molar-refractivity contribution in [1.29, 1.82) is 0 Å². The molecule has 5 nitrogen and oxygen atoms in total. The zero-order valence-electron chi connectivity index (χ0n) is 11.3. The minimum absolute atomic E-state index is 0.350. The molecular weight excluding hydrogens is 278 g/mol. The van der Waals surface area contributed by atoms with Crippen LogP contribution in [0, 0.1) is 0 Å². The molecule has 2 rings (SSSR count). The molecule has 20 heavy (non-hydrogen) atoms. The number of carbonyl (C=O) groups excluding carboxylic acids is 2. The summed E-state index contributed by atoms with van der Waals surface area (Å²) in [5, 5.41) is 1.87. The van der Waals surface area contributed by atoms with Gasteiger partial charge in [0.2, 0.25) is 0 Å². The van der Waals surface area contributed by atoms with E-state index in [1.165, 1.54) is 0 Å². The van der Waals surface area contributed by atoms with E-state index in [-0.39, 0.29) is 11.1 Å². The predicted octanol–water partition coefficient (Wildman–Crippen LogP) is 2.81. The van der Waals surface area contributed by atoms with Crippen LogP contribution in [0.1, 0.15) is 19.4 Å². The van der Waals surface area contributed by atoms with Gasteiger partial charge in [-0.15, -0.1) is 0 Å². The Hall–Kier alpha value is -1.95. The molecule has 0 unspecified atom stereocenters. The number of carbonyl (C=O) groups is 2. The lowest BCUT2D eigenvalue weighted by Gasteiger charge is -2.11. The highest BCUT2D eigenvalue weighted by Crippen LogP contribution is 2.31. The van der Waals surface area contributed by atoms with E-state index < -0.39 is 0 Å². The molecule has 0 aromatic heterocycles. The number of imide groups is 1. The summed E-state index contributed by atoms with van der Waals surface area (Å²) in [7, 11) is 0. The molecule has 1 fully saturated rings. The van der Waals surface area contributed by atoms with Crippen molar-refractivity contribution >= 4 is 29.0 Å². The summed E-state index contributed by atoms with van der Waals surface area (Å²) in [6.07, 6.45) is 1.66. The first-order valence-electron chi connectivity index (χ1n) is 6.28. The second-order valence-electron chi connectivity index (χ2n) is 3.92. The maximum atomic E-state index is 11.5. The molecule has 0 saturated carbocycles. The Morgan fingerprint density at radius 1 is 1.15 bits per heavy atom. The third kappa shape index (κ3) is 3.33. The van der Waals surface area contributed by atoms with Crippen LogP contribution in [0.3, 0.4) is 0 Å². The van der Waals surface area contributed by atoms with Gasteiger partial charge in [0.25, 0.3) is 11.1 Å². The van der Waals surface area contributed by atoms with E-state index in [9.17, 15) is 9.59 Å². The molecule has 1 aliphatic rings. The summed E-state index contributed by atoms with van der Waals surface area (Å²) in [5.41, 5.74) is 0.782. The van der Waals surface area contributed by atoms with Gasteiger partial charge in [-0.05, 0) is 49.4 Å². The van der Waals surface area contributed by atoms with Crippen molar-refractivity contribution in [3.63, 3.8) is 0 Å². The Bertz CT molecular complexity index is 568. The highest BCUT2D eigenvalue weighted by Gasteiger charge is 2.25. The predicted molar refractivity (Wildman–Crippen MR) is 77.9 cm³/mol. The molecule has 0 bridgehead atoms. The molecule has 1 aromatic carbocycles. The van der Waals surface area contributed by atoms with E-state index in [4.69, 9.17) is 9.47 Å². The smallest absolute Gasteiger partial charge is 0.290 e. The number of nitrogens with one attached hydrogen (secondary N) is 1. The summed E-state index contributed by atoms with van der Waals surface area (Å²) >= 11 is 0.892. The average molecular weight is 293 g/mol. The van der Waals surface area contributed by atoms with Gasteiger partial charge in [0.05, 0.1) is 18.1 Å². The minimum Gasteiger partial charge on any atom is -0.490 e. The van der Waals surface area contributed by atoms with Gasteiger partial charge in [0, 0.05) is 0 Å². The largest absolute Gasteiger partial charge is 0.490 e. The lowest BCUT2D eigenvalue weighted by atomic mass is 10.2. The Balaban J connectivity index is 2.29. The van der Waals surface area contributed by atoms with E-state index in [2.05, 4.69) is 5.32 Å². The van der Waals surface area contributed by atoms with Gasteiger partial charge in [-0.2, -0.15) is 0 Å². The summed E-state index contributed by atoms with van der Waals surface area (Å²) in [6.45, 7) is 4.86. The molecule has 0 radical (unpaired) electrons. The molecule has 2 amide bonds. The molecule has 106 valence electrons. The normalized spacial score (nSPS) is 16.4. The molecule has 6 heteroatoms. The van der Waals surface area contributed by atoms with Crippen molar-refractivity contribution in [3.8, 4) is 11.5 Å². The summed E-state index contributed by atoms with van der Waals surface area (Å²) in [6, 6.07) is 5.40. The van der Waals surface area contributed by atoms with Crippen LogP contribution in [0.4, 0.5) is 4.79 Å². The third-order valence-electron chi connectivity index (χ3n) is 2.51. The Morgan fingerprint density at radius 2 is 1.85 bits per heavy atom. The van der Waals surface area contributed by atoms with Crippen LogP contribution < -0.4 is 14.8 Å². The minimum atomic E-state index is -0.369. The fourth-order valence-corrected chi connectivity index (χ4v) is 2.41. The first kappa shape index (κ1) is 14.5. The van der Waals surface area contributed by atoms with Crippen LogP contribution in [0.25, 0.3) is 6.08 Å². The third-order valence-corrected chi connectivity index (χ3v) is 3.32. The van der Waals surface area contributed by atoms with Gasteiger partial charge >= 0.3 is 0 Å². The van der Waals surface area contributed by atoms with Gasteiger partial charge in [-0.25, -0.2) is 0 Å². The topological polar surface area (TPSA) is 64.6 Å². The van der Waals surface area contributed by atoms with E-state index >= 15 is 0 Å². The maximum absolute atomic E-state index is 11.5. The van der Waals surface area contributed by atoms with Crippen LogP contribution in [-0.4, -0.2) is 24.4 Å². The van der Waals surface area contributed by atoms with Gasteiger partial charge in [-0.3, -0.25) is 14.9 Å². The fraction of sp³-hybridized carbons (Fsp3) is 0.286. The number of thioether (sulfide) groups is 1. The molecule has 1 aliphatic heterocycles. The van der Waals surface area contributed by atoms with Crippen molar-refractivity contribution < 1.29 is 19.1 Å². The van der Waals surface area contributed by atoms with Crippen LogP contribution in [0.15, 0.2) is 23.1 Å². The number of hydrogen-bond donors (Lipinski definition) is 1.